The van der Waals surface area contributed by atoms with Crippen LogP contribution in [0.25, 0.3) is 0 Å². The van der Waals surface area contributed by atoms with Crippen LogP contribution in [0.5, 0.6) is 5.75 Å². The smallest absolute Gasteiger partial charge is 0.190 e. The van der Waals surface area contributed by atoms with Crippen LogP contribution in [0.4, 0.5) is 0 Å². The van der Waals surface area contributed by atoms with Gasteiger partial charge in [-0.25, -0.2) is 0 Å². The summed E-state index contributed by atoms with van der Waals surface area (Å²) in [6, 6.07) is 14.0. The van der Waals surface area contributed by atoms with Crippen molar-refractivity contribution < 1.29 is 4.74 Å². The van der Waals surface area contributed by atoms with Crippen molar-refractivity contribution in [1.29, 1.82) is 15.8 Å². The number of allylic oxidation sites excluding steroid dienone is 2. The molecule has 0 amide bonds. The largest absolute Gasteiger partial charge is 0.497 e. The van der Waals surface area contributed by atoms with Crippen molar-refractivity contribution >= 4 is 0 Å². The number of hydrogen-bond donors (Lipinski definition) is 1. The molecule has 1 fully saturated rings. The lowest BCUT2D eigenvalue weighted by molar-refractivity contribution is 0.109. The lowest BCUT2D eigenvalue weighted by Crippen LogP contribution is -2.51. The van der Waals surface area contributed by atoms with E-state index in [4.69, 9.17) is 10.5 Å². The predicted molar refractivity (Wildman–Crippen MR) is 95.3 cm³/mol. The summed E-state index contributed by atoms with van der Waals surface area (Å²) in [6.45, 7) is 1.58. The average molecular weight is 347 g/mol. The number of benzene rings is 1. The van der Waals surface area contributed by atoms with Crippen molar-refractivity contribution in [2.45, 2.75) is 12.3 Å². The second-order valence-electron chi connectivity index (χ2n) is 7.04. The number of fused-ring (bicyclic) bond motifs is 1. The molecule has 1 heterocycles. The minimum absolute atomic E-state index is 0.0246. The Bertz CT molecular complexity index is 838. The van der Waals surface area contributed by atoms with Crippen LogP contribution in [0, 0.1) is 51.2 Å². The molecule has 0 saturated carbocycles. The Labute approximate surface area is 153 Å². The number of nitrogens with two attached hydrogens (primary N) is 1. The highest BCUT2D eigenvalue weighted by Gasteiger charge is 2.56. The van der Waals surface area contributed by atoms with Gasteiger partial charge in [0.1, 0.15) is 5.75 Å². The number of piperidine rings is 1. The summed E-state index contributed by atoms with van der Waals surface area (Å²) in [5.41, 5.74) is 6.16. The molecule has 26 heavy (non-hydrogen) atoms. The molecule has 0 aromatic heterocycles. The summed E-state index contributed by atoms with van der Waals surface area (Å²) in [5.74, 6) is 0.261. The van der Waals surface area contributed by atoms with Crippen molar-refractivity contribution in [3.8, 4) is 24.0 Å². The van der Waals surface area contributed by atoms with Crippen molar-refractivity contribution in [2.75, 3.05) is 27.2 Å². The van der Waals surface area contributed by atoms with Gasteiger partial charge in [-0.1, -0.05) is 12.1 Å². The third-order valence-corrected chi connectivity index (χ3v) is 5.79. The second kappa shape index (κ2) is 6.71. The van der Waals surface area contributed by atoms with E-state index in [0.29, 0.717) is 17.9 Å². The summed E-state index contributed by atoms with van der Waals surface area (Å²) in [7, 11) is 3.62. The van der Waals surface area contributed by atoms with Gasteiger partial charge in [-0.3, -0.25) is 0 Å². The Kier molecular flexibility index (Phi) is 4.60. The van der Waals surface area contributed by atoms with Crippen LogP contribution in [-0.2, 0) is 0 Å². The van der Waals surface area contributed by atoms with Gasteiger partial charge in [-0.2, -0.15) is 15.8 Å². The maximum atomic E-state index is 9.98. The van der Waals surface area contributed by atoms with E-state index in [9.17, 15) is 15.8 Å². The SMILES string of the molecule is COc1ccc([C@@H]2[C@H]3CN(C)CC[C@@H]3C(C#N)=C(N)C2(C#N)C#N)cc1. The maximum Gasteiger partial charge on any atom is 0.190 e. The number of likely N-dealkylation sites (tertiary alicyclic amines) is 1. The fraction of sp³-hybridized carbons (Fsp3) is 0.450. The fourth-order valence-electron chi connectivity index (χ4n) is 4.49. The topological polar surface area (TPSA) is 110 Å². The molecule has 3 atom stereocenters. The summed E-state index contributed by atoms with van der Waals surface area (Å²) < 4.78 is 5.23. The number of rotatable bonds is 2. The van der Waals surface area contributed by atoms with Crippen LogP contribution in [0.3, 0.4) is 0 Å². The van der Waals surface area contributed by atoms with E-state index in [1.165, 1.54) is 0 Å². The monoisotopic (exact) mass is 347 g/mol. The van der Waals surface area contributed by atoms with Gasteiger partial charge in [-0.15, -0.1) is 0 Å². The van der Waals surface area contributed by atoms with Crippen LogP contribution < -0.4 is 10.5 Å². The summed E-state index contributed by atoms with van der Waals surface area (Å²) >= 11 is 0. The third-order valence-electron chi connectivity index (χ3n) is 5.79. The van der Waals surface area contributed by atoms with Crippen molar-refractivity contribution in [3.63, 3.8) is 0 Å². The average Bonchev–Trinajstić information content (AvgIpc) is 2.67. The first-order valence-corrected chi connectivity index (χ1v) is 8.57. The van der Waals surface area contributed by atoms with E-state index >= 15 is 0 Å². The normalized spacial score (nSPS) is 27.6. The zero-order chi connectivity index (χ0) is 18.9. The van der Waals surface area contributed by atoms with Crippen LogP contribution in [0.1, 0.15) is 17.9 Å². The first kappa shape index (κ1) is 17.8. The highest BCUT2D eigenvalue weighted by atomic mass is 16.5. The van der Waals surface area contributed by atoms with Gasteiger partial charge in [0.25, 0.3) is 0 Å². The van der Waals surface area contributed by atoms with Gasteiger partial charge in [0.2, 0.25) is 0 Å². The Morgan fingerprint density at radius 3 is 2.38 bits per heavy atom. The van der Waals surface area contributed by atoms with E-state index in [2.05, 4.69) is 23.1 Å². The Balaban J connectivity index is 2.23. The Morgan fingerprint density at radius 1 is 1.19 bits per heavy atom. The Morgan fingerprint density at radius 2 is 1.85 bits per heavy atom. The molecular weight excluding hydrogens is 326 g/mol. The summed E-state index contributed by atoms with van der Waals surface area (Å²) in [4.78, 5) is 2.19. The molecule has 1 aromatic rings. The zero-order valence-corrected chi connectivity index (χ0v) is 14.9. The molecule has 1 aromatic carbocycles. The number of nitriles is 3. The highest BCUT2D eigenvalue weighted by molar-refractivity contribution is 5.50. The molecule has 132 valence electrons. The summed E-state index contributed by atoms with van der Waals surface area (Å²) in [6.07, 6.45) is 0.796. The van der Waals surface area contributed by atoms with Crippen molar-refractivity contribution in [2.24, 2.45) is 23.0 Å². The molecule has 0 spiro atoms. The molecule has 0 unspecified atom stereocenters. The zero-order valence-electron chi connectivity index (χ0n) is 14.9. The number of ether oxygens (including phenoxy) is 1. The van der Waals surface area contributed by atoms with E-state index < -0.39 is 11.3 Å². The molecule has 6 nitrogen and oxygen atoms in total. The second-order valence-corrected chi connectivity index (χ2v) is 7.04. The van der Waals surface area contributed by atoms with E-state index in [1.54, 1.807) is 7.11 Å². The first-order chi connectivity index (χ1) is 12.5. The van der Waals surface area contributed by atoms with Gasteiger partial charge in [0, 0.05) is 18.4 Å². The van der Waals surface area contributed by atoms with Crippen molar-refractivity contribution in [3.05, 3.63) is 41.1 Å². The number of hydrogen-bond acceptors (Lipinski definition) is 6. The molecule has 6 heteroatoms. The predicted octanol–water partition coefficient (Wildman–Crippen LogP) is 2.13. The fourth-order valence-corrected chi connectivity index (χ4v) is 4.49. The van der Waals surface area contributed by atoms with Crippen LogP contribution in [0.2, 0.25) is 0 Å². The van der Waals surface area contributed by atoms with Gasteiger partial charge in [0.15, 0.2) is 5.41 Å². The molecule has 1 aliphatic carbocycles. The maximum absolute atomic E-state index is 9.98. The van der Waals surface area contributed by atoms with E-state index in [1.807, 2.05) is 31.3 Å². The lowest BCUT2D eigenvalue weighted by atomic mass is 9.55. The quantitative estimate of drug-likeness (QED) is 0.877. The van der Waals surface area contributed by atoms with Gasteiger partial charge >= 0.3 is 0 Å². The molecule has 0 bridgehead atoms. The highest BCUT2D eigenvalue weighted by Crippen LogP contribution is 2.55. The van der Waals surface area contributed by atoms with E-state index in [-0.39, 0.29) is 17.5 Å². The third kappa shape index (κ3) is 2.49. The molecule has 2 aliphatic rings. The molecule has 1 aliphatic heterocycles. The van der Waals surface area contributed by atoms with Gasteiger partial charge in [-0.05, 0) is 43.6 Å². The van der Waals surface area contributed by atoms with Crippen LogP contribution >= 0.6 is 0 Å². The molecular formula is C20H21N5O. The molecule has 0 radical (unpaired) electrons. The minimum Gasteiger partial charge on any atom is -0.497 e. The van der Waals surface area contributed by atoms with E-state index in [0.717, 1.165) is 18.5 Å². The van der Waals surface area contributed by atoms with Gasteiger partial charge in [0.05, 0.1) is 36.6 Å². The molecule has 1 saturated heterocycles. The molecule has 2 N–H and O–H groups in total. The van der Waals surface area contributed by atoms with Crippen LogP contribution in [0.15, 0.2) is 35.5 Å². The number of methoxy groups -OCH3 is 1. The summed E-state index contributed by atoms with van der Waals surface area (Å²) in [5, 5.41) is 29.6. The van der Waals surface area contributed by atoms with Gasteiger partial charge < -0.3 is 15.4 Å². The van der Waals surface area contributed by atoms with Crippen molar-refractivity contribution in [1.82, 2.24) is 4.90 Å². The minimum atomic E-state index is -1.54. The molecule has 3 rings (SSSR count). The standard InChI is InChI=1S/C20H21N5O/c1-25-8-7-15-16(9-21)19(24)20(11-22,12-23)18(17(15)10-25)13-3-5-14(26-2)6-4-13/h3-6,15,17-18H,7-8,10,24H2,1-2H3/t15-,17+,18-/m1/s1. The Hall–Kier alpha value is -3.01. The first-order valence-electron chi connectivity index (χ1n) is 8.57. The lowest BCUT2D eigenvalue weighted by Gasteiger charge is -2.48. The number of nitrogens with zero attached hydrogens (tertiary/aromatic N) is 4. The van der Waals surface area contributed by atoms with Crippen LogP contribution in [-0.4, -0.2) is 32.1 Å².